The Balaban J connectivity index is 2.30. The van der Waals surface area contributed by atoms with Crippen molar-refractivity contribution >= 4 is 11.7 Å². The number of carbonyl (C=O) groups excluding carboxylic acids is 2. The number of rotatable bonds is 3. The predicted molar refractivity (Wildman–Crippen MR) is 56.4 cm³/mol. The molecule has 1 N–H and O–H groups in total. The van der Waals surface area contributed by atoms with Gasteiger partial charge in [-0.15, -0.1) is 0 Å². The maximum Gasteiger partial charge on any atom is 0.225 e. The van der Waals surface area contributed by atoms with Crippen molar-refractivity contribution in [2.24, 2.45) is 11.3 Å². The Hall–Kier alpha value is -0.900. The van der Waals surface area contributed by atoms with Gasteiger partial charge in [0.2, 0.25) is 5.91 Å². The summed E-state index contributed by atoms with van der Waals surface area (Å²) in [7, 11) is 0. The highest BCUT2D eigenvalue weighted by Gasteiger charge is 2.26. The van der Waals surface area contributed by atoms with Crippen LogP contribution >= 0.6 is 0 Å². The van der Waals surface area contributed by atoms with Crippen LogP contribution in [0.4, 0.5) is 0 Å². The highest BCUT2D eigenvalue weighted by atomic mass is 16.5. The van der Waals surface area contributed by atoms with Crippen LogP contribution in [0.15, 0.2) is 0 Å². The minimum Gasteiger partial charge on any atom is -0.381 e. The summed E-state index contributed by atoms with van der Waals surface area (Å²) in [4.78, 5) is 23.1. The maximum atomic E-state index is 11.5. The third-order valence-electron chi connectivity index (χ3n) is 2.56. The third kappa shape index (κ3) is 3.63. The van der Waals surface area contributed by atoms with Gasteiger partial charge in [0.1, 0.15) is 0 Å². The lowest BCUT2D eigenvalue weighted by molar-refractivity contribution is -0.130. The Labute approximate surface area is 90.4 Å². The lowest BCUT2D eigenvalue weighted by Gasteiger charge is -2.17. The van der Waals surface area contributed by atoms with Gasteiger partial charge in [-0.2, -0.15) is 0 Å². The molecule has 1 amide bonds. The van der Waals surface area contributed by atoms with Gasteiger partial charge in [-0.3, -0.25) is 9.59 Å². The van der Waals surface area contributed by atoms with Crippen LogP contribution in [0.3, 0.4) is 0 Å². The molecule has 15 heavy (non-hydrogen) atoms. The molecule has 86 valence electrons. The van der Waals surface area contributed by atoms with Gasteiger partial charge < -0.3 is 10.1 Å². The molecule has 1 atom stereocenters. The van der Waals surface area contributed by atoms with Crippen LogP contribution in [0.25, 0.3) is 0 Å². The van der Waals surface area contributed by atoms with Gasteiger partial charge in [0, 0.05) is 12.0 Å². The molecule has 0 aromatic carbocycles. The number of carbonyl (C=O) groups is 2. The Morgan fingerprint density at radius 2 is 2.07 bits per heavy atom. The van der Waals surface area contributed by atoms with E-state index >= 15 is 0 Å². The molecule has 0 bridgehead atoms. The second-order valence-electron chi connectivity index (χ2n) is 4.95. The van der Waals surface area contributed by atoms with Crippen molar-refractivity contribution < 1.29 is 14.3 Å². The fourth-order valence-electron chi connectivity index (χ4n) is 1.32. The van der Waals surface area contributed by atoms with Crippen LogP contribution in [0.2, 0.25) is 0 Å². The summed E-state index contributed by atoms with van der Waals surface area (Å²) in [5.74, 6) is -0.0855. The lowest BCUT2D eigenvalue weighted by Crippen LogP contribution is -2.38. The minimum absolute atomic E-state index is 0.0507. The summed E-state index contributed by atoms with van der Waals surface area (Å²) >= 11 is 0. The topological polar surface area (TPSA) is 55.4 Å². The van der Waals surface area contributed by atoms with Crippen LogP contribution < -0.4 is 5.32 Å². The largest absolute Gasteiger partial charge is 0.381 e. The third-order valence-corrected chi connectivity index (χ3v) is 2.56. The van der Waals surface area contributed by atoms with Gasteiger partial charge in [0.15, 0.2) is 5.78 Å². The number of ketones is 1. The average molecular weight is 213 g/mol. The minimum atomic E-state index is -0.389. The summed E-state index contributed by atoms with van der Waals surface area (Å²) in [6.07, 6.45) is 0.759. The molecule has 0 aromatic heterocycles. The smallest absolute Gasteiger partial charge is 0.225 e. The summed E-state index contributed by atoms with van der Waals surface area (Å²) in [5.41, 5.74) is -0.389. The number of hydrogen-bond acceptors (Lipinski definition) is 3. The van der Waals surface area contributed by atoms with Crippen molar-refractivity contribution in [2.45, 2.75) is 27.2 Å². The first kappa shape index (κ1) is 12.2. The fourth-order valence-corrected chi connectivity index (χ4v) is 1.32. The molecule has 0 aliphatic carbocycles. The van der Waals surface area contributed by atoms with E-state index in [0.717, 1.165) is 6.42 Å². The fraction of sp³-hybridized carbons (Fsp3) is 0.818. The van der Waals surface area contributed by atoms with Gasteiger partial charge in [-0.05, 0) is 6.42 Å². The van der Waals surface area contributed by atoms with Crippen molar-refractivity contribution in [1.29, 1.82) is 0 Å². The van der Waals surface area contributed by atoms with Crippen LogP contribution in [0, 0.1) is 11.3 Å². The summed E-state index contributed by atoms with van der Waals surface area (Å²) in [5, 5.41) is 2.66. The quantitative estimate of drug-likeness (QED) is 0.752. The molecule has 0 saturated carbocycles. The second-order valence-corrected chi connectivity index (χ2v) is 4.95. The van der Waals surface area contributed by atoms with Crippen molar-refractivity contribution in [3.8, 4) is 0 Å². The highest BCUT2D eigenvalue weighted by Crippen LogP contribution is 2.15. The van der Waals surface area contributed by atoms with E-state index in [9.17, 15) is 9.59 Å². The van der Waals surface area contributed by atoms with Crippen LogP contribution in [-0.2, 0) is 14.3 Å². The van der Waals surface area contributed by atoms with Gasteiger partial charge in [-0.25, -0.2) is 0 Å². The molecule has 1 unspecified atom stereocenters. The second kappa shape index (κ2) is 4.75. The van der Waals surface area contributed by atoms with Gasteiger partial charge in [0.25, 0.3) is 0 Å². The van der Waals surface area contributed by atoms with Crippen molar-refractivity contribution in [3.05, 3.63) is 0 Å². The molecule has 1 saturated heterocycles. The zero-order chi connectivity index (χ0) is 11.5. The molecule has 1 aliphatic heterocycles. The average Bonchev–Trinajstić information content (AvgIpc) is 2.64. The number of hydrogen-bond donors (Lipinski definition) is 1. The van der Waals surface area contributed by atoms with E-state index in [1.54, 1.807) is 0 Å². The number of amides is 1. The van der Waals surface area contributed by atoms with Crippen molar-refractivity contribution in [1.82, 2.24) is 5.32 Å². The molecule has 1 rings (SSSR count). The lowest BCUT2D eigenvalue weighted by atomic mass is 9.91. The van der Waals surface area contributed by atoms with Gasteiger partial charge in [-0.1, -0.05) is 20.8 Å². The molecule has 0 aromatic rings. The first-order valence-electron chi connectivity index (χ1n) is 5.30. The molecule has 1 fully saturated rings. The standard InChI is InChI=1S/C11H19NO3/c1-11(2,3)9(13)6-12-10(14)8-4-5-15-7-8/h8H,4-7H2,1-3H3,(H,12,14). The van der Waals surface area contributed by atoms with E-state index in [4.69, 9.17) is 4.74 Å². The monoisotopic (exact) mass is 213 g/mol. The van der Waals surface area contributed by atoms with Gasteiger partial charge in [0.05, 0.1) is 19.1 Å². The van der Waals surface area contributed by atoms with Crippen LogP contribution in [-0.4, -0.2) is 31.4 Å². The summed E-state index contributed by atoms with van der Waals surface area (Å²) in [6, 6.07) is 0. The molecular formula is C11H19NO3. The van der Waals surface area contributed by atoms with E-state index in [-0.39, 0.29) is 29.6 Å². The number of Topliss-reactive ketones (excluding diaryl/α,β-unsaturated/α-hetero) is 1. The van der Waals surface area contributed by atoms with E-state index < -0.39 is 0 Å². The molecule has 4 heteroatoms. The molecular weight excluding hydrogens is 194 g/mol. The van der Waals surface area contributed by atoms with Crippen molar-refractivity contribution in [2.75, 3.05) is 19.8 Å². The van der Waals surface area contributed by atoms with Crippen LogP contribution in [0.5, 0.6) is 0 Å². The first-order valence-corrected chi connectivity index (χ1v) is 5.30. The first-order chi connectivity index (χ1) is 6.91. The molecule has 0 spiro atoms. The summed E-state index contributed by atoms with van der Waals surface area (Å²) < 4.78 is 5.11. The summed E-state index contributed by atoms with van der Waals surface area (Å²) in [6.45, 7) is 6.79. The predicted octanol–water partition coefficient (Wildman–Crippen LogP) is 0.754. The maximum absolute atomic E-state index is 11.5. The molecule has 4 nitrogen and oxygen atoms in total. The Morgan fingerprint density at radius 1 is 1.40 bits per heavy atom. The van der Waals surface area contributed by atoms with Crippen molar-refractivity contribution in [3.63, 3.8) is 0 Å². The molecule has 1 heterocycles. The number of nitrogens with one attached hydrogen (secondary N) is 1. The SMILES string of the molecule is CC(C)(C)C(=O)CNC(=O)C1CCOC1. The normalized spacial score (nSPS) is 21.4. The molecule has 1 aliphatic rings. The zero-order valence-corrected chi connectivity index (χ0v) is 9.63. The van der Waals surface area contributed by atoms with Gasteiger partial charge >= 0.3 is 0 Å². The molecule has 0 radical (unpaired) electrons. The number of ether oxygens (including phenoxy) is 1. The Kier molecular flexibility index (Phi) is 3.85. The van der Waals surface area contributed by atoms with E-state index in [0.29, 0.717) is 13.2 Å². The zero-order valence-electron chi connectivity index (χ0n) is 9.63. The van der Waals surface area contributed by atoms with E-state index in [1.165, 1.54) is 0 Å². The van der Waals surface area contributed by atoms with E-state index in [1.807, 2.05) is 20.8 Å². The Bertz CT molecular complexity index is 249. The van der Waals surface area contributed by atoms with E-state index in [2.05, 4.69) is 5.32 Å². The highest BCUT2D eigenvalue weighted by molar-refractivity contribution is 5.90. The Morgan fingerprint density at radius 3 is 2.53 bits per heavy atom. The van der Waals surface area contributed by atoms with Crippen LogP contribution in [0.1, 0.15) is 27.2 Å².